The lowest BCUT2D eigenvalue weighted by atomic mass is 10.2. The highest BCUT2D eigenvalue weighted by atomic mass is 79.9. The molecule has 3 aromatic carbocycles. The van der Waals surface area contributed by atoms with Gasteiger partial charge < -0.3 is 24.3 Å². The minimum absolute atomic E-state index is 0.0757. The average molecular weight is 613 g/mol. The Balaban J connectivity index is 1.60. The second kappa shape index (κ2) is 15.0. The number of alkyl carbamates (subject to hydrolysis) is 1. The van der Waals surface area contributed by atoms with Crippen LogP contribution in [0.1, 0.15) is 37.5 Å². The van der Waals surface area contributed by atoms with E-state index in [4.69, 9.17) is 18.9 Å². The monoisotopic (exact) mass is 611 g/mol. The van der Waals surface area contributed by atoms with Crippen LogP contribution in [0.3, 0.4) is 0 Å². The van der Waals surface area contributed by atoms with Gasteiger partial charge in [-0.3, -0.25) is 4.79 Å². The minimum Gasteiger partial charge on any atom is -0.493 e. The first-order chi connectivity index (χ1) is 19.1. The molecular weight excluding hydrogens is 578 g/mol. The minimum atomic E-state index is -1.03. The number of halogens is 1. The molecule has 212 valence electrons. The van der Waals surface area contributed by atoms with Crippen molar-refractivity contribution in [1.82, 2.24) is 10.7 Å². The normalized spacial score (nSPS) is 12.0. The molecule has 0 spiro atoms. The topological polar surface area (TPSA) is 107 Å². The molecule has 0 aliphatic carbocycles. The molecule has 2 amide bonds. The number of hydrazone groups is 1. The van der Waals surface area contributed by atoms with Gasteiger partial charge in [-0.25, -0.2) is 10.2 Å². The first-order valence-corrected chi connectivity index (χ1v) is 13.4. The van der Waals surface area contributed by atoms with Crippen LogP contribution in [-0.2, 0) is 27.5 Å². The zero-order valence-electron chi connectivity index (χ0n) is 23.0. The third-order valence-electron chi connectivity index (χ3n) is 5.29. The summed E-state index contributed by atoms with van der Waals surface area (Å²) in [6.07, 6.45) is 0.734. The van der Waals surface area contributed by atoms with Gasteiger partial charge >= 0.3 is 6.09 Å². The summed E-state index contributed by atoms with van der Waals surface area (Å²) in [5.41, 5.74) is 4.36. The van der Waals surface area contributed by atoms with Gasteiger partial charge in [0.25, 0.3) is 5.91 Å². The molecule has 0 aliphatic rings. The summed E-state index contributed by atoms with van der Waals surface area (Å²) in [5.74, 6) is 0.534. The van der Waals surface area contributed by atoms with E-state index in [0.717, 1.165) is 15.6 Å². The van der Waals surface area contributed by atoms with Crippen molar-refractivity contribution in [2.45, 2.75) is 45.6 Å². The van der Waals surface area contributed by atoms with E-state index in [2.05, 4.69) is 31.8 Å². The fourth-order valence-corrected chi connectivity index (χ4v) is 3.64. The molecule has 10 heteroatoms. The maximum atomic E-state index is 12.9. The summed E-state index contributed by atoms with van der Waals surface area (Å²) in [4.78, 5) is 25.2. The van der Waals surface area contributed by atoms with Gasteiger partial charge in [-0.05, 0) is 67.8 Å². The Morgan fingerprint density at radius 2 is 1.65 bits per heavy atom. The van der Waals surface area contributed by atoms with Gasteiger partial charge in [0, 0.05) is 4.47 Å². The Bertz CT molecular complexity index is 1280. The Morgan fingerprint density at radius 1 is 0.950 bits per heavy atom. The molecule has 0 heterocycles. The molecule has 0 bridgehead atoms. The molecule has 0 radical (unpaired) electrons. The summed E-state index contributed by atoms with van der Waals surface area (Å²) in [6.45, 7) is 5.80. The maximum absolute atomic E-state index is 12.9. The number of carbonyl (C=O) groups excluding carboxylic acids is 2. The number of amides is 2. The Hall–Kier alpha value is -3.89. The molecule has 3 rings (SSSR count). The molecule has 9 nitrogen and oxygen atoms in total. The summed E-state index contributed by atoms with van der Waals surface area (Å²) >= 11 is 3.42. The van der Waals surface area contributed by atoms with E-state index in [1.54, 1.807) is 46.1 Å². The van der Waals surface area contributed by atoms with Gasteiger partial charge in [-0.2, -0.15) is 5.10 Å². The van der Waals surface area contributed by atoms with E-state index < -0.39 is 23.6 Å². The number of hydrogen-bond donors (Lipinski definition) is 2. The number of carbonyl (C=O) groups is 2. The van der Waals surface area contributed by atoms with E-state index in [1.807, 2.05) is 54.6 Å². The molecule has 2 N–H and O–H groups in total. The SMILES string of the molecule is COc1cc(/C=N\NC(=O)[C@H](COCc2ccccc2)NC(=O)OC(C)(C)C)ccc1OCc1ccc(Br)cc1. The molecule has 1 atom stereocenters. The molecule has 40 heavy (non-hydrogen) atoms. The summed E-state index contributed by atoms with van der Waals surface area (Å²) < 4.78 is 23.3. The van der Waals surface area contributed by atoms with Crippen LogP contribution in [0.5, 0.6) is 11.5 Å². The fraction of sp³-hybridized carbons (Fsp3) is 0.300. The number of nitrogens with one attached hydrogen (secondary N) is 2. The second-order valence-electron chi connectivity index (χ2n) is 9.76. The van der Waals surface area contributed by atoms with Crippen LogP contribution in [0.2, 0.25) is 0 Å². The van der Waals surface area contributed by atoms with Crippen molar-refractivity contribution >= 4 is 34.1 Å². The van der Waals surface area contributed by atoms with Crippen molar-refractivity contribution in [2.75, 3.05) is 13.7 Å². The zero-order chi connectivity index (χ0) is 29.0. The van der Waals surface area contributed by atoms with Gasteiger partial charge in [0.05, 0.1) is 26.5 Å². The van der Waals surface area contributed by atoms with Gasteiger partial charge in [0.15, 0.2) is 11.5 Å². The van der Waals surface area contributed by atoms with Crippen molar-refractivity contribution in [1.29, 1.82) is 0 Å². The van der Waals surface area contributed by atoms with Gasteiger partial charge in [0.1, 0.15) is 18.2 Å². The number of rotatable bonds is 12. The predicted molar refractivity (Wildman–Crippen MR) is 156 cm³/mol. The van der Waals surface area contributed by atoms with Crippen LogP contribution in [0, 0.1) is 0 Å². The third-order valence-corrected chi connectivity index (χ3v) is 5.82. The Labute approximate surface area is 243 Å². The first-order valence-electron chi connectivity index (χ1n) is 12.6. The predicted octanol–water partition coefficient (Wildman–Crippen LogP) is 5.60. The van der Waals surface area contributed by atoms with Gasteiger partial charge in [-0.1, -0.05) is 58.4 Å². The summed E-state index contributed by atoms with van der Waals surface area (Å²) in [7, 11) is 1.55. The highest BCUT2D eigenvalue weighted by molar-refractivity contribution is 9.10. The van der Waals surface area contributed by atoms with E-state index in [0.29, 0.717) is 23.7 Å². The molecule has 0 aliphatic heterocycles. The van der Waals surface area contributed by atoms with Crippen LogP contribution in [0.15, 0.2) is 82.4 Å². The van der Waals surface area contributed by atoms with Gasteiger partial charge in [0.2, 0.25) is 0 Å². The largest absolute Gasteiger partial charge is 0.493 e. The van der Waals surface area contributed by atoms with E-state index in [9.17, 15) is 9.59 Å². The van der Waals surface area contributed by atoms with Crippen molar-refractivity contribution in [3.63, 3.8) is 0 Å². The highest BCUT2D eigenvalue weighted by Gasteiger charge is 2.24. The lowest BCUT2D eigenvalue weighted by Gasteiger charge is -2.22. The van der Waals surface area contributed by atoms with Crippen molar-refractivity contribution in [3.8, 4) is 11.5 Å². The van der Waals surface area contributed by atoms with Crippen molar-refractivity contribution < 1.29 is 28.5 Å². The van der Waals surface area contributed by atoms with Crippen LogP contribution in [-0.4, -0.2) is 43.6 Å². The number of methoxy groups -OCH3 is 1. The van der Waals surface area contributed by atoms with Crippen LogP contribution in [0.4, 0.5) is 4.79 Å². The molecule has 0 saturated carbocycles. The number of hydrogen-bond acceptors (Lipinski definition) is 7. The van der Waals surface area contributed by atoms with Crippen LogP contribution in [0.25, 0.3) is 0 Å². The maximum Gasteiger partial charge on any atom is 0.408 e. The van der Waals surface area contributed by atoms with E-state index >= 15 is 0 Å². The Kier molecular flexibility index (Phi) is 11.5. The second-order valence-corrected chi connectivity index (χ2v) is 10.7. The van der Waals surface area contributed by atoms with Crippen LogP contribution < -0.4 is 20.2 Å². The first kappa shape index (κ1) is 30.6. The zero-order valence-corrected chi connectivity index (χ0v) is 24.6. The molecule has 0 saturated heterocycles. The summed E-state index contributed by atoms with van der Waals surface area (Å²) in [6, 6.07) is 21.6. The molecule has 3 aromatic rings. The lowest BCUT2D eigenvalue weighted by Crippen LogP contribution is -2.49. The summed E-state index contributed by atoms with van der Waals surface area (Å²) in [5, 5.41) is 6.60. The third kappa shape index (κ3) is 10.7. The highest BCUT2D eigenvalue weighted by Crippen LogP contribution is 2.28. The standard InChI is InChI=1S/C30H34BrN3O6/c1-30(2,3)40-29(36)33-25(20-38-18-21-8-6-5-7-9-21)28(35)34-32-17-23-12-15-26(27(16-23)37-4)39-19-22-10-13-24(31)14-11-22/h5-17,25H,18-20H2,1-4H3,(H,33,36)(H,34,35)/b32-17-/t25-/m0/s1. The number of nitrogens with zero attached hydrogens (tertiary/aromatic N) is 1. The van der Waals surface area contributed by atoms with E-state index in [-0.39, 0.29) is 13.2 Å². The lowest BCUT2D eigenvalue weighted by molar-refractivity contribution is -0.124. The van der Waals surface area contributed by atoms with Crippen LogP contribution >= 0.6 is 15.9 Å². The molecule has 0 unspecified atom stereocenters. The quantitative estimate of drug-likeness (QED) is 0.204. The number of benzene rings is 3. The molecule has 0 aromatic heterocycles. The smallest absolute Gasteiger partial charge is 0.408 e. The molecule has 0 fully saturated rings. The van der Waals surface area contributed by atoms with Crippen molar-refractivity contribution in [2.24, 2.45) is 5.10 Å². The van der Waals surface area contributed by atoms with E-state index in [1.165, 1.54) is 6.21 Å². The van der Waals surface area contributed by atoms with Crippen molar-refractivity contribution in [3.05, 3.63) is 94.0 Å². The fourth-order valence-electron chi connectivity index (χ4n) is 3.38. The Morgan fingerprint density at radius 3 is 2.33 bits per heavy atom. The molecular formula is C30H34BrN3O6. The van der Waals surface area contributed by atoms with Gasteiger partial charge in [-0.15, -0.1) is 0 Å². The number of ether oxygens (including phenoxy) is 4. The average Bonchev–Trinajstić information content (AvgIpc) is 2.92.